The van der Waals surface area contributed by atoms with E-state index in [-0.39, 0.29) is 18.8 Å². The highest BCUT2D eigenvalue weighted by Crippen LogP contribution is 2.38. The van der Waals surface area contributed by atoms with E-state index in [1.54, 1.807) is 10.9 Å². The Kier molecular flexibility index (Phi) is 4.40. The highest BCUT2D eigenvalue weighted by atomic mass is 19.1. The topological polar surface area (TPSA) is 108 Å². The van der Waals surface area contributed by atoms with Crippen LogP contribution in [-0.4, -0.2) is 54.9 Å². The molecule has 0 saturated heterocycles. The molecule has 1 aliphatic carbocycles. The standard InChI is InChI=1S/C18H20FN7O2/c1-10-6-20-13-14(16(27)21-8-18(19)4-5-18)25-26(15(13)24-10)7-12-11(2)17(28-3)23-9-22-12/h6,9H,4-5,7-8H2,1-3H3,(H,21,27). The van der Waals surface area contributed by atoms with Crippen molar-refractivity contribution in [1.29, 1.82) is 0 Å². The number of carbonyl (C=O) groups excluding carboxylic acids is 1. The number of nitrogens with zero attached hydrogens (tertiary/aromatic N) is 6. The zero-order chi connectivity index (χ0) is 19.9. The van der Waals surface area contributed by atoms with Gasteiger partial charge in [0.2, 0.25) is 5.88 Å². The molecule has 1 fully saturated rings. The fourth-order valence-electron chi connectivity index (χ4n) is 2.90. The van der Waals surface area contributed by atoms with Crippen LogP contribution >= 0.6 is 0 Å². The molecule has 1 amide bonds. The molecule has 3 heterocycles. The first-order valence-corrected chi connectivity index (χ1v) is 8.92. The van der Waals surface area contributed by atoms with E-state index in [0.29, 0.717) is 41.3 Å². The first-order chi connectivity index (χ1) is 13.4. The first kappa shape index (κ1) is 18.2. The molecule has 4 rings (SSSR count). The molecule has 0 bridgehead atoms. The number of hydrogen-bond donors (Lipinski definition) is 1. The number of aromatic nitrogens is 6. The predicted molar refractivity (Wildman–Crippen MR) is 97.9 cm³/mol. The number of fused-ring (bicyclic) bond motifs is 1. The predicted octanol–water partition coefficient (Wildman–Crippen LogP) is 1.52. The Bertz CT molecular complexity index is 1060. The quantitative estimate of drug-likeness (QED) is 0.685. The number of aryl methyl sites for hydroxylation is 1. The van der Waals surface area contributed by atoms with Gasteiger partial charge in [-0.1, -0.05) is 0 Å². The van der Waals surface area contributed by atoms with Crippen LogP contribution in [0.2, 0.25) is 0 Å². The fourth-order valence-corrected chi connectivity index (χ4v) is 2.90. The number of methoxy groups -OCH3 is 1. The Balaban J connectivity index is 1.70. The lowest BCUT2D eigenvalue weighted by molar-refractivity contribution is 0.0933. The summed E-state index contributed by atoms with van der Waals surface area (Å²) in [5.74, 6) is 0.00203. The molecule has 1 saturated carbocycles. The molecule has 10 heteroatoms. The second-order valence-electron chi connectivity index (χ2n) is 6.98. The summed E-state index contributed by atoms with van der Waals surface area (Å²) in [7, 11) is 1.54. The maximum absolute atomic E-state index is 13.9. The van der Waals surface area contributed by atoms with Crippen LogP contribution in [0.1, 0.15) is 40.3 Å². The van der Waals surface area contributed by atoms with Gasteiger partial charge in [0.1, 0.15) is 17.5 Å². The van der Waals surface area contributed by atoms with Gasteiger partial charge in [-0.3, -0.25) is 4.79 Å². The van der Waals surface area contributed by atoms with Gasteiger partial charge in [0.15, 0.2) is 11.3 Å². The summed E-state index contributed by atoms with van der Waals surface area (Å²) in [6.45, 7) is 3.89. The molecule has 0 radical (unpaired) electrons. The van der Waals surface area contributed by atoms with Crippen LogP contribution in [0.15, 0.2) is 12.5 Å². The Hall–Kier alpha value is -3.17. The number of rotatable bonds is 6. The van der Waals surface area contributed by atoms with Crippen molar-refractivity contribution in [3.05, 3.63) is 35.2 Å². The largest absolute Gasteiger partial charge is 0.481 e. The number of hydrogen-bond acceptors (Lipinski definition) is 7. The second-order valence-corrected chi connectivity index (χ2v) is 6.98. The van der Waals surface area contributed by atoms with Crippen LogP contribution in [0.3, 0.4) is 0 Å². The monoisotopic (exact) mass is 385 g/mol. The Morgan fingerprint density at radius 1 is 1.32 bits per heavy atom. The molecular weight excluding hydrogens is 365 g/mol. The Labute approximate surface area is 160 Å². The molecule has 0 aliphatic heterocycles. The highest BCUT2D eigenvalue weighted by Gasteiger charge is 2.43. The molecular formula is C18H20FN7O2. The number of alkyl halides is 1. The van der Waals surface area contributed by atoms with Gasteiger partial charge in [-0.25, -0.2) is 29.0 Å². The summed E-state index contributed by atoms with van der Waals surface area (Å²) in [4.78, 5) is 29.7. The van der Waals surface area contributed by atoms with E-state index in [1.807, 2.05) is 13.8 Å². The SMILES string of the molecule is COc1ncnc(Cn2nc(C(=O)NCC3(F)CC3)c3ncc(C)nc32)c1C. The summed E-state index contributed by atoms with van der Waals surface area (Å²) in [6, 6.07) is 0. The van der Waals surface area contributed by atoms with Gasteiger partial charge in [0.05, 0.1) is 31.6 Å². The Morgan fingerprint density at radius 2 is 2.11 bits per heavy atom. The van der Waals surface area contributed by atoms with E-state index in [0.717, 1.165) is 5.56 Å². The van der Waals surface area contributed by atoms with Gasteiger partial charge in [-0.15, -0.1) is 0 Å². The molecule has 0 aromatic carbocycles. The van der Waals surface area contributed by atoms with Gasteiger partial charge in [-0.05, 0) is 26.7 Å². The second kappa shape index (κ2) is 6.77. The van der Waals surface area contributed by atoms with Crippen molar-refractivity contribution in [3.8, 4) is 5.88 Å². The van der Waals surface area contributed by atoms with Crippen LogP contribution in [0.5, 0.6) is 5.88 Å². The minimum absolute atomic E-state index is 0.0261. The third-order valence-electron chi connectivity index (χ3n) is 4.77. The molecule has 0 spiro atoms. The van der Waals surface area contributed by atoms with Crippen LogP contribution in [0.25, 0.3) is 11.2 Å². The maximum Gasteiger partial charge on any atom is 0.274 e. The smallest absolute Gasteiger partial charge is 0.274 e. The average Bonchev–Trinajstić information content (AvgIpc) is 3.32. The lowest BCUT2D eigenvalue weighted by Gasteiger charge is -2.08. The number of ether oxygens (including phenoxy) is 1. The molecule has 3 aromatic rings. The summed E-state index contributed by atoms with van der Waals surface area (Å²) >= 11 is 0. The minimum Gasteiger partial charge on any atom is -0.481 e. The lowest BCUT2D eigenvalue weighted by Crippen LogP contribution is -2.31. The first-order valence-electron chi connectivity index (χ1n) is 8.92. The lowest BCUT2D eigenvalue weighted by atomic mass is 10.2. The summed E-state index contributed by atoms with van der Waals surface area (Å²) in [6.07, 6.45) is 3.92. The molecule has 9 nitrogen and oxygen atoms in total. The van der Waals surface area contributed by atoms with E-state index < -0.39 is 11.6 Å². The van der Waals surface area contributed by atoms with E-state index >= 15 is 0 Å². The molecule has 3 aromatic heterocycles. The van der Waals surface area contributed by atoms with Gasteiger partial charge < -0.3 is 10.1 Å². The molecule has 1 aliphatic rings. The number of halogens is 1. The van der Waals surface area contributed by atoms with Gasteiger partial charge >= 0.3 is 0 Å². The van der Waals surface area contributed by atoms with Gasteiger partial charge in [0.25, 0.3) is 5.91 Å². The molecule has 1 N–H and O–H groups in total. The third-order valence-corrected chi connectivity index (χ3v) is 4.77. The summed E-state index contributed by atoms with van der Waals surface area (Å²) in [5, 5.41) is 7.01. The Morgan fingerprint density at radius 3 is 2.82 bits per heavy atom. The van der Waals surface area contributed by atoms with Crippen molar-refractivity contribution in [1.82, 2.24) is 35.0 Å². The van der Waals surface area contributed by atoms with Crippen LogP contribution in [0, 0.1) is 13.8 Å². The molecule has 28 heavy (non-hydrogen) atoms. The molecule has 0 atom stereocenters. The van der Waals surface area contributed by atoms with Crippen LogP contribution < -0.4 is 10.1 Å². The zero-order valence-corrected chi connectivity index (χ0v) is 15.9. The van der Waals surface area contributed by atoms with Crippen molar-refractivity contribution in [2.45, 2.75) is 38.9 Å². The maximum atomic E-state index is 13.9. The molecule has 0 unspecified atom stereocenters. The van der Waals surface area contributed by atoms with Gasteiger partial charge in [-0.2, -0.15) is 5.10 Å². The normalized spacial score (nSPS) is 14.9. The third kappa shape index (κ3) is 3.37. The van der Waals surface area contributed by atoms with Crippen molar-refractivity contribution >= 4 is 17.1 Å². The van der Waals surface area contributed by atoms with Crippen molar-refractivity contribution in [3.63, 3.8) is 0 Å². The van der Waals surface area contributed by atoms with E-state index in [9.17, 15) is 9.18 Å². The van der Waals surface area contributed by atoms with Crippen molar-refractivity contribution < 1.29 is 13.9 Å². The highest BCUT2D eigenvalue weighted by molar-refractivity contribution is 6.02. The number of amides is 1. The minimum atomic E-state index is -1.29. The van der Waals surface area contributed by atoms with E-state index in [1.165, 1.54) is 13.4 Å². The average molecular weight is 385 g/mol. The summed E-state index contributed by atoms with van der Waals surface area (Å²) in [5.41, 5.74) is 1.81. The summed E-state index contributed by atoms with van der Waals surface area (Å²) < 4.78 is 20.7. The fraction of sp³-hybridized carbons (Fsp3) is 0.444. The molecule has 146 valence electrons. The van der Waals surface area contributed by atoms with E-state index in [4.69, 9.17) is 4.74 Å². The van der Waals surface area contributed by atoms with Gasteiger partial charge in [0, 0.05) is 11.8 Å². The zero-order valence-electron chi connectivity index (χ0n) is 15.9. The van der Waals surface area contributed by atoms with E-state index in [2.05, 4.69) is 30.4 Å². The van der Waals surface area contributed by atoms with Crippen LogP contribution in [0.4, 0.5) is 4.39 Å². The van der Waals surface area contributed by atoms with Crippen molar-refractivity contribution in [2.24, 2.45) is 0 Å². The van der Waals surface area contributed by atoms with Crippen LogP contribution in [-0.2, 0) is 6.54 Å². The number of carbonyl (C=O) groups is 1. The number of nitrogens with one attached hydrogen (secondary N) is 1. The van der Waals surface area contributed by atoms with Crippen molar-refractivity contribution in [2.75, 3.05) is 13.7 Å².